The van der Waals surface area contributed by atoms with E-state index in [-0.39, 0.29) is 17.3 Å². The van der Waals surface area contributed by atoms with Crippen LogP contribution < -0.4 is 4.74 Å². The summed E-state index contributed by atoms with van der Waals surface area (Å²) in [7, 11) is 1.65. The molecule has 0 bridgehead atoms. The van der Waals surface area contributed by atoms with E-state index >= 15 is 0 Å². The van der Waals surface area contributed by atoms with Gasteiger partial charge in [-0.3, -0.25) is 4.79 Å². The molecule has 3 nitrogen and oxygen atoms in total. The zero-order valence-electron chi connectivity index (χ0n) is 11.4. The topological polar surface area (TPSA) is 46.5 Å². The van der Waals surface area contributed by atoms with Gasteiger partial charge in [-0.1, -0.05) is 26.8 Å². The van der Waals surface area contributed by atoms with Crippen molar-refractivity contribution in [2.75, 3.05) is 7.11 Å². The molecule has 1 atom stereocenters. The molecule has 3 heteroatoms. The highest BCUT2D eigenvalue weighted by atomic mass is 16.5. The molecule has 1 aliphatic carbocycles. The molecule has 1 aliphatic rings. The fourth-order valence-electron chi connectivity index (χ4n) is 3.39. The highest BCUT2D eigenvalue weighted by Gasteiger charge is 2.45. The zero-order valence-corrected chi connectivity index (χ0v) is 11.4. The van der Waals surface area contributed by atoms with Gasteiger partial charge in [0.2, 0.25) is 0 Å². The molecule has 0 aliphatic heterocycles. The highest BCUT2D eigenvalue weighted by molar-refractivity contribution is 5.70. The number of carboxylic acid groups (broad SMARTS) is 1. The Labute approximate surface area is 108 Å². The number of hydrogen-bond donors (Lipinski definition) is 1. The maximum Gasteiger partial charge on any atom is 0.304 e. The molecular formula is C15H20O3. The fourth-order valence-corrected chi connectivity index (χ4v) is 3.39. The van der Waals surface area contributed by atoms with Crippen LogP contribution in [-0.4, -0.2) is 18.2 Å². The number of benzene rings is 1. The van der Waals surface area contributed by atoms with Crippen LogP contribution >= 0.6 is 0 Å². The molecule has 0 saturated heterocycles. The first-order valence-electron chi connectivity index (χ1n) is 6.19. The van der Waals surface area contributed by atoms with Crippen LogP contribution in [0.5, 0.6) is 5.75 Å². The van der Waals surface area contributed by atoms with Crippen LogP contribution in [0.3, 0.4) is 0 Å². The first-order valence-corrected chi connectivity index (χ1v) is 6.19. The van der Waals surface area contributed by atoms with Gasteiger partial charge in [0.25, 0.3) is 0 Å². The van der Waals surface area contributed by atoms with Gasteiger partial charge in [0.15, 0.2) is 0 Å². The molecule has 18 heavy (non-hydrogen) atoms. The van der Waals surface area contributed by atoms with Crippen molar-refractivity contribution in [3.05, 3.63) is 29.3 Å². The number of ether oxygens (including phenoxy) is 1. The molecule has 1 aromatic carbocycles. The minimum Gasteiger partial charge on any atom is -0.497 e. The summed E-state index contributed by atoms with van der Waals surface area (Å²) in [5, 5.41) is 9.11. The number of rotatable bonds is 3. The van der Waals surface area contributed by atoms with E-state index in [2.05, 4.69) is 13.8 Å². The fraction of sp³-hybridized carbons (Fsp3) is 0.533. The van der Waals surface area contributed by atoms with Gasteiger partial charge in [-0.25, -0.2) is 0 Å². The van der Waals surface area contributed by atoms with Crippen LogP contribution in [0.2, 0.25) is 0 Å². The second kappa shape index (κ2) is 4.01. The molecule has 1 unspecified atom stereocenters. The summed E-state index contributed by atoms with van der Waals surface area (Å²) in [5.74, 6) is 0.0957. The Morgan fingerprint density at radius 2 is 2.00 bits per heavy atom. The van der Waals surface area contributed by atoms with E-state index < -0.39 is 5.97 Å². The minimum absolute atomic E-state index is 0.00588. The van der Waals surface area contributed by atoms with Gasteiger partial charge in [0, 0.05) is 5.41 Å². The predicted octanol–water partition coefficient (Wildman–Crippen LogP) is 3.11. The zero-order chi connectivity index (χ0) is 13.6. The Morgan fingerprint density at radius 1 is 1.33 bits per heavy atom. The standard InChI is InChI=1S/C15H20O3/c1-14(2)9-15(3,8-13(16)17)11-6-5-10(18-4)7-12(11)14/h5-7H,8-9H2,1-4H3,(H,16,17). The van der Waals surface area contributed by atoms with Gasteiger partial charge >= 0.3 is 5.97 Å². The average molecular weight is 248 g/mol. The van der Waals surface area contributed by atoms with Crippen LogP contribution in [0.15, 0.2) is 18.2 Å². The second-order valence-electron chi connectivity index (χ2n) is 6.10. The van der Waals surface area contributed by atoms with Gasteiger partial charge in [0.05, 0.1) is 13.5 Å². The molecule has 0 radical (unpaired) electrons. The van der Waals surface area contributed by atoms with E-state index in [4.69, 9.17) is 9.84 Å². The van der Waals surface area contributed by atoms with Crippen LogP contribution in [0.4, 0.5) is 0 Å². The molecular weight excluding hydrogens is 228 g/mol. The van der Waals surface area contributed by atoms with E-state index in [1.54, 1.807) is 7.11 Å². The SMILES string of the molecule is COc1ccc2c(c1)C(C)(C)CC2(C)CC(=O)O. The smallest absolute Gasteiger partial charge is 0.304 e. The molecule has 2 rings (SSSR count). The Kier molecular flexibility index (Phi) is 2.88. The summed E-state index contributed by atoms with van der Waals surface area (Å²) >= 11 is 0. The van der Waals surface area contributed by atoms with Crippen LogP contribution in [0.25, 0.3) is 0 Å². The number of carbonyl (C=O) groups is 1. The maximum atomic E-state index is 11.1. The van der Waals surface area contributed by atoms with Crippen LogP contribution in [0.1, 0.15) is 44.7 Å². The van der Waals surface area contributed by atoms with Gasteiger partial charge < -0.3 is 9.84 Å². The number of aliphatic carboxylic acids is 1. The maximum absolute atomic E-state index is 11.1. The number of fused-ring (bicyclic) bond motifs is 1. The summed E-state index contributed by atoms with van der Waals surface area (Å²) in [6.07, 6.45) is 1.03. The lowest BCUT2D eigenvalue weighted by molar-refractivity contribution is -0.138. The Hall–Kier alpha value is -1.51. The van der Waals surface area contributed by atoms with Crippen molar-refractivity contribution in [3.63, 3.8) is 0 Å². The normalized spacial score (nSPS) is 24.7. The lowest BCUT2D eigenvalue weighted by atomic mass is 9.78. The highest BCUT2D eigenvalue weighted by Crippen LogP contribution is 2.51. The molecule has 98 valence electrons. The summed E-state index contributed by atoms with van der Waals surface area (Å²) in [6.45, 7) is 6.37. The summed E-state index contributed by atoms with van der Waals surface area (Å²) in [5.41, 5.74) is 2.08. The van der Waals surface area contributed by atoms with Crippen molar-refractivity contribution in [3.8, 4) is 5.75 Å². The summed E-state index contributed by atoms with van der Waals surface area (Å²) in [6, 6.07) is 5.98. The third-order valence-corrected chi connectivity index (χ3v) is 3.98. The predicted molar refractivity (Wildman–Crippen MR) is 70.2 cm³/mol. The van der Waals surface area contributed by atoms with Crippen molar-refractivity contribution < 1.29 is 14.6 Å². The number of carboxylic acids is 1. The molecule has 0 fully saturated rings. The van der Waals surface area contributed by atoms with Crippen molar-refractivity contribution in [1.82, 2.24) is 0 Å². The quantitative estimate of drug-likeness (QED) is 0.894. The van der Waals surface area contributed by atoms with Crippen molar-refractivity contribution >= 4 is 5.97 Å². The Bertz CT molecular complexity index is 491. The van der Waals surface area contributed by atoms with Crippen molar-refractivity contribution in [2.45, 2.75) is 44.4 Å². The number of hydrogen-bond acceptors (Lipinski definition) is 2. The third kappa shape index (κ3) is 1.98. The van der Waals surface area contributed by atoms with E-state index in [0.29, 0.717) is 0 Å². The minimum atomic E-state index is -0.739. The first-order chi connectivity index (χ1) is 8.28. The molecule has 1 aromatic rings. The molecule has 1 N–H and O–H groups in total. The lowest BCUT2D eigenvalue weighted by Gasteiger charge is -2.25. The van der Waals surface area contributed by atoms with Crippen LogP contribution in [0, 0.1) is 0 Å². The molecule has 0 heterocycles. The van der Waals surface area contributed by atoms with Crippen molar-refractivity contribution in [2.24, 2.45) is 0 Å². The van der Waals surface area contributed by atoms with Gasteiger partial charge in [0.1, 0.15) is 5.75 Å². The lowest BCUT2D eigenvalue weighted by Crippen LogP contribution is -2.25. The Balaban J connectivity index is 2.53. The second-order valence-corrected chi connectivity index (χ2v) is 6.10. The van der Waals surface area contributed by atoms with E-state index in [9.17, 15) is 4.79 Å². The van der Waals surface area contributed by atoms with E-state index in [1.807, 2.05) is 25.1 Å². The van der Waals surface area contributed by atoms with Gasteiger partial charge in [-0.05, 0) is 35.1 Å². The summed E-state index contributed by atoms with van der Waals surface area (Å²) in [4.78, 5) is 11.1. The average Bonchev–Trinajstić information content (AvgIpc) is 2.44. The molecule has 0 spiro atoms. The van der Waals surface area contributed by atoms with Crippen molar-refractivity contribution in [1.29, 1.82) is 0 Å². The largest absolute Gasteiger partial charge is 0.497 e. The first kappa shape index (κ1) is 12.9. The number of methoxy groups -OCH3 is 1. The van der Waals surface area contributed by atoms with E-state index in [1.165, 1.54) is 5.56 Å². The third-order valence-electron chi connectivity index (χ3n) is 3.98. The Morgan fingerprint density at radius 3 is 2.56 bits per heavy atom. The monoisotopic (exact) mass is 248 g/mol. The van der Waals surface area contributed by atoms with E-state index in [0.717, 1.165) is 17.7 Å². The molecule has 0 saturated carbocycles. The van der Waals surface area contributed by atoms with Gasteiger partial charge in [-0.2, -0.15) is 0 Å². The molecule has 0 amide bonds. The van der Waals surface area contributed by atoms with Crippen LogP contribution in [-0.2, 0) is 15.6 Å². The van der Waals surface area contributed by atoms with Gasteiger partial charge in [-0.15, -0.1) is 0 Å². The molecule has 0 aromatic heterocycles. The summed E-state index contributed by atoms with van der Waals surface area (Å²) < 4.78 is 5.27.